The third kappa shape index (κ3) is 9.58. The lowest BCUT2D eigenvalue weighted by molar-refractivity contribution is -0.318. The van der Waals surface area contributed by atoms with Crippen LogP contribution in [0.25, 0.3) is 0 Å². The van der Waals surface area contributed by atoms with E-state index < -0.39 is 90.8 Å². The van der Waals surface area contributed by atoms with E-state index in [1.807, 2.05) is 32.1 Å². The van der Waals surface area contributed by atoms with Crippen LogP contribution in [0.2, 0.25) is 0 Å². The van der Waals surface area contributed by atoms with Gasteiger partial charge in [0.2, 0.25) is 0 Å². The molecule has 6 heterocycles. The molecule has 6 aliphatic heterocycles. The molecule has 14 nitrogen and oxygen atoms in total. The number of hydrogen-bond acceptors (Lipinski definition) is 14. The minimum absolute atomic E-state index is 0.0313. The Labute approximate surface area is 361 Å². The van der Waals surface area contributed by atoms with Gasteiger partial charge in [-0.05, 0) is 62.8 Å². The molecule has 61 heavy (non-hydrogen) atoms. The molecule has 1 aliphatic carbocycles. The maximum atomic E-state index is 14.3. The number of aliphatic hydroxyl groups excluding tert-OH is 2. The Balaban J connectivity index is 1.18. The molecule has 14 heteroatoms. The van der Waals surface area contributed by atoms with Crippen LogP contribution in [-0.4, -0.2) is 139 Å². The predicted molar refractivity (Wildman–Crippen MR) is 223 cm³/mol. The van der Waals surface area contributed by atoms with Gasteiger partial charge in [-0.3, -0.25) is 4.79 Å². The van der Waals surface area contributed by atoms with E-state index in [1.165, 1.54) is 0 Å². The van der Waals surface area contributed by atoms with Crippen molar-refractivity contribution in [3.63, 3.8) is 0 Å². The number of hydrogen-bond donors (Lipinski definition) is 3. The Morgan fingerprint density at radius 3 is 2.28 bits per heavy atom. The van der Waals surface area contributed by atoms with Gasteiger partial charge in [0, 0.05) is 51.7 Å². The van der Waals surface area contributed by atoms with Gasteiger partial charge < -0.3 is 62.7 Å². The zero-order valence-corrected chi connectivity index (χ0v) is 37.5. The summed E-state index contributed by atoms with van der Waals surface area (Å²) in [5, 5.41) is 34.2. The molecular weight excluding hydrogens is 789 g/mol. The lowest BCUT2D eigenvalue weighted by Gasteiger charge is -2.48. The van der Waals surface area contributed by atoms with Crippen molar-refractivity contribution >= 4 is 5.97 Å². The van der Waals surface area contributed by atoms with Crippen LogP contribution in [0.15, 0.2) is 59.3 Å². The van der Waals surface area contributed by atoms with Crippen LogP contribution in [-0.2, 0) is 52.2 Å². The number of allylic oxidation sites excluding steroid dienone is 2. The Morgan fingerprint density at radius 2 is 1.56 bits per heavy atom. The van der Waals surface area contributed by atoms with Crippen molar-refractivity contribution in [1.29, 1.82) is 0 Å². The van der Waals surface area contributed by atoms with Crippen LogP contribution in [0.5, 0.6) is 0 Å². The molecule has 0 amide bonds. The third-order valence-corrected chi connectivity index (χ3v) is 14.0. The average Bonchev–Trinajstić information content (AvgIpc) is 3.56. The first-order valence-corrected chi connectivity index (χ1v) is 22.3. The summed E-state index contributed by atoms with van der Waals surface area (Å²) in [6.07, 6.45) is 7.54. The third-order valence-electron chi connectivity index (χ3n) is 14.0. The van der Waals surface area contributed by atoms with Crippen LogP contribution in [0.3, 0.4) is 0 Å². The van der Waals surface area contributed by atoms with Crippen molar-refractivity contribution in [2.75, 3.05) is 20.8 Å². The van der Waals surface area contributed by atoms with Gasteiger partial charge in [-0.15, -0.1) is 0 Å². The summed E-state index contributed by atoms with van der Waals surface area (Å²) >= 11 is 0. The largest absolute Gasteiger partial charge is 0.462 e. The molecule has 4 fully saturated rings. The van der Waals surface area contributed by atoms with Gasteiger partial charge in [-0.25, -0.2) is 0 Å². The average molecular weight is 859 g/mol. The van der Waals surface area contributed by atoms with E-state index in [4.69, 9.17) is 47.4 Å². The van der Waals surface area contributed by atoms with Gasteiger partial charge in [0.15, 0.2) is 18.4 Å². The Bertz CT molecular complexity index is 1710. The smallest absolute Gasteiger partial charge is 0.316 e. The van der Waals surface area contributed by atoms with E-state index in [-0.39, 0.29) is 42.7 Å². The summed E-state index contributed by atoms with van der Waals surface area (Å²) in [5.74, 6) is -2.62. The monoisotopic (exact) mass is 858 g/mol. The maximum absolute atomic E-state index is 14.3. The molecule has 4 unspecified atom stereocenters. The summed E-state index contributed by atoms with van der Waals surface area (Å²) in [7, 11) is 3.22. The molecule has 0 aromatic carbocycles. The highest BCUT2D eigenvalue weighted by molar-refractivity contribution is 5.78. The molecule has 1 spiro atoms. The maximum Gasteiger partial charge on any atom is 0.316 e. The molecule has 0 aromatic heterocycles. The normalized spacial score (nSPS) is 49.3. The molecule has 0 radical (unpaired) electrons. The van der Waals surface area contributed by atoms with Gasteiger partial charge in [0.1, 0.15) is 42.0 Å². The quantitative estimate of drug-likeness (QED) is 0.231. The van der Waals surface area contributed by atoms with Crippen molar-refractivity contribution in [3.05, 3.63) is 59.3 Å². The van der Waals surface area contributed by atoms with E-state index in [0.717, 1.165) is 5.57 Å². The van der Waals surface area contributed by atoms with Crippen molar-refractivity contribution in [1.82, 2.24) is 0 Å². The van der Waals surface area contributed by atoms with Gasteiger partial charge in [-0.1, -0.05) is 64.2 Å². The number of esters is 1. The first kappa shape index (κ1) is 46.7. The molecule has 7 rings (SSSR count). The highest BCUT2D eigenvalue weighted by Gasteiger charge is 2.60. The summed E-state index contributed by atoms with van der Waals surface area (Å²) in [4.78, 5) is 14.3. The molecule has 0 saturated carbocycles. The molecular formula is C47H70O14. The summed E-state index contributed by atoms with van der Waals surface area (Å²) in [6, 6.07) is 0. The summed E-state index contributed by atoms with van der Waals surface area (Å²) < 4.78 is 63.5. The van der Waals surface area contributed by atoms with E-state index in [0.29, 0.717) is 43.3 Å². The lowest BCUT2D eigenvalue weighted by atomic mass is 9.71. The Morgan fingerprint density at radius 1 is 0.852 bits per heavy atom. The fraction of sp³-hybridized carbons (Fsp3) is 0.766. The molecule has 19 atom stereocenters. The van der Waals surface area contributed by atoms with Crippen LogP contribution in [0.1, 0.15) is 87.5 Å². The first-order valence-electron chi connectivity index (χ1n) is 22.3. The molecule has 342 valence electrons. The number of methoxy groups -OCH3 is 2. The van der Waals surface area contributed by atoms with Crippen LogP contribution < -0.4 is 0 Å². The lowest BCUT2D eigenvalue weighted by Crippen LogP contribution is -2.58. The van der Waals surface area contributed by atoms with E-state index in [9.17, 15) is 20.1 Å². The van der Waals surface area contributed by atoms with E-state index >= 15 is 0 Å². The number of aliphatic hydroxyl groups is 3. The van der Waals surface area contributed by atoms with Gasteiger partial charge in [-0.2, -0.15) is 0 Å². The second-order valence-electron chi connectivity index (χ2n) is 18.8. The van der Waals surface area contributed by atoms with Crippen molar-refractivity contribution in [2.45, 2.75) is 185 Å². The fourth-order valence-corrected chi connectivity index (χ4v) is 10.4. The predicted octanol–water partition coefficient (Wildman–Crippen LogP) is 4.99. The van der Waals surface area contributed by atoms with E-state index in [1.54, 1.807) is 40.2 Å². The number of fused-ring (bicyclic) bond motifs is 2. The zero-order chi connectivity index (χ0) is 44.0. The highest BCUT2D eigenvalue weighted by Crippen LogP contribution is 2.47. The number of carbonyl (C=O) groups excluding carboxylic acids is 1. The Kier molecular flexibility index (Phi) is 14.6. The first-order chi connectivity index (χ1) is 29.0. The molecule has 0 aromatic rings. The number of carbonyl (C=O) groups is 1. The second kappa shape index (κ2) is 19.0. The Hall–Kier alpha value is -2.31. The highest BCUT2D eigenvalue weighted by atomic mass is 16.7. The molecule has 2 bridgehead atoms. The second-order valence-corrected chi connectivity index (χ2v) is 18.8. The van der Waals surface area contributed by atoms with Crippen molar-refractivity contribution in [3.8, 4) is 0 Å². The number of rotatable bonds is 7. The van der Waals surface area contributed by atoms with Gasteiger partial charge >= 0.3 is 5.97 Å². The van der Waals surface area contributed by atoms with Crippen LogP contribution in [0, 0.1) is 23.7 Å². The van der Waals surface area contributed by atoms with Crippen molar-refractivity contribution < 1.29 is 67.5 Å². The van der Waals surface area contributed by atoms with Gasteiger partial charge in [0.05, 0.1) is 49.3 Å². The summed E-state index contributed by atoms with van der Waals surface area (Å²) in [5.41, 5.74) is 0.129. The molecule has 4 saturated heterocycles. The fourth-order valence-electron chi connectivity index (χ4n) is 10.4. The SMILES string of the molecule is CO[C@H]1C[C@H](O[C@H]2[C@H](C)O[C@H](O[C@@H]3/C(C)=C\CC4CC(C[C@]5(C=C[C@H](C)[C@@H](C(C)C)O5)O4)OC(=O)C4C=C(C)[C@@H](O)C5OC/C(=C/C=C/[C@@H]3C)[C@]45O)C[C@@H]2OC)O[C@@H](C)[C@@H]1O. The zero-order valence-electron chi connectivity index (χ0n) is 37.5. The van der Waals surface area contributed by atoms with E-state index in [2.05, 4.69) is 39.8 Å². The van der Waals surface area contributed by atoms with Crippen LogP contribution in [0.4, 0.5) is 0 Å². The standard InChI is InChI=1S/C47H70O14/c1-24(2)41-27(5)16-17-46(61-41)22-33-19-32(60-46)15-14-26(4)42(25(3)12-11-13-31-23-54-44-39(48)28(6)18-34(45(50)57-33)47(31,44)51)58-38-21-36(53-10)43(30(8)56-38)59-37-20-35(52-9)40(49)29(7)55-37/h11-14,16-18,24-25,27,29-30,32-44,48-49,51H,15,19-23H2,1-10H3/b12-11+,26-14-,31-13-/t25-,27-,29-,30-,32?,33?,34?,35-,36-,37-,38+,39+,40-,41+,42-,43-,44?,46+,47-/m0/s1. The molecule has 7 aliphatic rings. The summed E-state index contributed by atoms with van der Waals surface area (Å²) in [6.45, 7) is 16.0. The van der Waals surface area contributed by atoms with Crippen LogP contribution >= 0.6 is 0 Å². The minimum Gasteiger partial charge on any atom is -0.462 e. The molecule has 3 N–H and O–H groups in total. The topological polar surface area (TPSA) is 170 Å². The van der Waals surface area contributed by atoms with Crippen molar-refractivity contribution in [2.24, 2.45) is 23.7 Å². The van der Waals surface area contributed by atoms with Gasteiger partial charge in [0.25, 0.3) is 0 Å². The minimum atomic E-state index is -1.83. The number of ether oxygens (including phenoxy) is 10.